The maximum Gasteiger partial charge on any atom is 0.324 e. The van der Waals surface area contributed by atoms with Crippen LogP contribution in [0.2, 0.25) is 0 Å². The number of amides is 3. The highest BCUT2D eigenvalue weighted by Gasteiger charge is 2.20. The van der Waals surface area contributed by atoms with Crippen LogP contribution in [0.5, 0.6) is 0 Å². The van der Waals surface area contributed by atoms with Crippen molar-refractivity contribution < 1.29 is 14.1 Å². The van der Waals surface area contributed by atoms with Crippen LogP contribution in [-0.4, -0.2) is 22.1 Å². The average Bonchev–Trinajstić information content (AvgIpc) is 3.12. The number of nitrogens with one attached hydrogen (secondary N) is 3. The van der Waals surface area contributed by atoms with Gasteiger partial charge >= 0.3 is 6.03 Å². The summed E-state index contributed by atoms with van der Waals surface area (Å²) in [6, 6.07) is 11.6. The number of urea groups is 1. The van der Waals surface area contributed by atoms with Crippen molar-refractivity contribution >= 4 is 29.1 Å². The third-order valence-corrected chi connectivity index (χ3v) is 4.12. The molecule has 0 unspecified atom stereocenters. The van der Waals surface area contributed by atoms with Gasteiger partial charge in [-0.05, 0) is 42.8 Å². The fourth-order valence-electron chi connectivity index (χ4n) is 2.52. The lowest BCUT2D eigenvalue weighted by Crippen LogP contribution is -2.19. The van der Waals surface area contributed by atoms with Crippen LogP contribution < -0.4 is 16.0 Å². The van der Waals surface area contributed by atoms with Crippen LogP contribution >= 0.6 is 0 Å². The fourth-order valence-corrected chi connectivity index (χ4v) is 2.52. The largest absolute Gasteiger partial charge is 0.359 e. The smallest absolute Gasteiger partial charge is 0.324 e. The number of hydrogen-bond donors (Lipinski definition) is 3. The van der Waals surface area contributed by atoms with Gasteiger partial charge in [0.05, 0.1) is 0 Å². The summed E-state index contributed by atoms with van der Waals surface area (Å²) in [5.74, 6) is 0.723. The Kier molecular flexibility index (Phi) is 5.63. The number of hydrogen-bond acceptors (Lipinski definition) is 5. The van der Waals surface area contributed by atoms with E-state index in [1.807, 2.05) is 33.8 Å². The highest BCUT2D eigenvalue weighted by atomic mass is 16.5. The number of aromatic nitrogens is 2. The Morgan fingerprint density at radius 3 is 2.21 bits per heavy atom. The molecule has 0 saturated heterocycles. The average molecular weight is 393 g/mol. The molecule has 8 nitrogen and oxygen atoms in total. The van der Waals surface area contributed by atoms with E-state index in [0.717, 1.165) is 5.56 Å². The monoisotopic (exact) mass is 393 g/mol. The molecule has 0 radical (unpaired) electrons. The first-order chi connectivity index (χ1) is 13.7. The Morgan fingerprint density at radius 1 is 0.966 bits per heavy atom. The van der Waals surface area contributed by atoms with Crippen LogP contribution in [0.15, 0.2) is 53.2 Å². The summed E-state index contributed by atoms with van der Waals surface area (Å²) in [5.41, 5.74) is 2.13. The van der Waals surface area contributed by atoms with Crippen molar-refractivity contribution in [3.63, 3.8) is 0 Å². The van der Waals surface area contributed by atoms with Gasteiger partial charge in [0.2, 0.25) is 0 Å². The number of anilines is 3. The third-order valence-electron chi connectivity index (χ3n) is 4.12. The molecule has 0 bridgehead atoms. The Bertz CT molecular complexity index is 1020. The maximum atomic E-state index is 12.3. The first-order valence-corrected chi connectivity index (χ1v) is 9.10. The van der Waals surface area contributed by atoms with Crippen molar-refractivity contribution in [3.8, 4) is 0 Å². The molecule has 0 aliphatic heterocycles. The van der Waals surface area contributed by atoms with E-state index in [0.29, 0.717) is 28.6 Å². The van der Waals surface area contributed by atoms with Crippen LogP contribution in [0.1, 0.15) is 42.6 Å². The standard InChI is InChI=1S/C21H23N5O3/c1-13-6-5-11-22-18(13)19(27)23-14-7-9-15(10-8-14)24-20(28)25-17-12-16(29-26-17)21(2,3)4/h5-12H,1-4H3,(H,23,27)(H2,24,25,26,28). The van der Waals surface area contributed by atoms with Crippen molar-refractivity contribution in [2.75, 3.05) is 16.0 Å². The van der Waals surface area contributed by atoms with Gasteiger partial charge in [-0.2, -0.15) is 0 Å². The second kappa shape index (κ2) is 8.14. The number of pyridine rings is 1. The second-order valence-corrected chi connectivity index (χ2v) is 7.61. The second-order valence-electron chi connectivity index (χ2n) is 7.61. The number of carbonyl (C=O) groups excluding carboxylic acids is 2. The molecule has 0 aliphatic rings. The van der Waals surface area contributed by atoms with Gasteiger partial charge in [0.1, 0.15) is 11.5 Å². The van der Waals surface area contributed by atoms with Crippen molar-refractivity contribution in [1.82, 2.24) is 10.1 Å². The maximum absolute atomic E-state index is 12.3. The molecule has 150 valence electrons. The predicted molar refractivity (Wildman–Crippen MR) is 111 cm³/mol. The lowest BCUT2D eigenvalue weighted by molar-refractivity contribution is 0.102. The summed E-state index contributed by atoms with van der Waals surface area (Å²) in [6.45, 7) is 7.81. The molecule has 0 atom stereocenters. The summed E-state index contributed by atoms with van der Waals surface area (Å²) in [4.78, 5) is 28.5. The summed E-state index contributed by atoms with van der Waals surface area (Å²) in [7, 11) is 0. The number of rotatable bonds is 4. The molecular weight excluding hydrogens is 370 g/mol. The summed E-state index contributed by atoms with van der Waals surface area (Å²) < 4.78 is 5.24. The molecule has 3 amide bonds. The molecule has 0 spiro atoms. The van der Waals surface area contributed by atoms with Gasteiger partial charge in [-0.25, -0.2) is 4.79 Å². The lowest BCUT2D eigenvalue weighted by Gasteiger charge is -2.12. The van der Waals surface area contributed by atoms with E-state index in [-0.39, 0.29) is 11.3 Å². The van der Waals surface area contributed by atoms with E-state index in [1.54, 1.807) is 42.6 Å². The molecule has 3 rings (SSSR count). The normalized spacial score (nSPS) is 11.0. The lowest BCUT2D eigenvalue weighted by atomic mass is 9.93. The highest BCUT2D eigenvalue weighted by Crippen LogP contribution is 2.24. The van der Waals surface area contributed by atoms with Gasteiger partial charge in [0.15, 0.2) is 5.82 Å². The van der Waals surface area contributed by atoms with Gasteiger partial charge in [-0.3, -0.25) is 15.1 Å². The van der Waals surface area contributed by atoms with Crippen molar-refractivity contribution in [1.29, 1.82) is 0 Å². The van der Waals surface area contributed by atoms with Gasteiger partial charge in [-0.1, -0.05) is 32.0 Å². The third kappa shape index (κ3) is 5.19. The zero-order chi connectivity index (χ0) is 21.0. The Morgan fingerprint density at radius 2 is 1.62 bits per heavy atom. The molecule has 0 aliphatic carbocycles. The molecule has 2 heterocycles. The molecule has 8 heteroatoms. The van der Waals surface area contributed by atoms with Crippen LogP contribution in [0.25, 0.3) is 0 Å². The van der Waals surface area contributed by atoms with Crippen molar-refractivity contribution in [2.45, 2.75) is 33.1 Å². The van der Waals surface area contributed by atoms with Gasteiger partial charge in [0, 0.05) is 29.1 Å². The Hall–Kier alpha value is -3.68. The summed E-state index contributed by atoms with van der Waals surface area (Å²) in [5, 5.41) is 12.0. The van der Waals surface area contributed by atoms with E-state index < -0.39 is 6.03 Å². The van der Waals surface area contributed by atoms with Gasteiger partial charge in [-0.15, -0.1) is 0 Å². The van der Waals surface area contributed by atoms with Crippen LogP contribution in [0, 0.1) is 6.92 Å². The molecule has 3 aromatic rings. The molecule has 2 aromatic heterocycles. The van der Waals surface area contributed by atoms with E-state index in [4.69, 9.17) is 4.52 Å². The summed E-state index contributed by atoms with van der Waals surface area (Å²) in [6.07, 6.45) is 1.58. The molecule has 3 N–H and O–H groups in total. The van der Waals surface area contributed by atoms with E-state index in [1.165, 1.54) is 0 Å². The number of aryl methyl sites for hydroxylation is 1. The Labute approximate surface area is 168 Å². The van der Waals surface area contributed by atoms with E-state index in [2.05, 4.69) is 26.1 Å². The van der Waals surface area contributed by atoms with Gasteiger partial charge in [0.25, 0.3) is 5.91 Å². The number of nitrogens with zero attached hydrogens (tertiary/aromatic N) is 2. The quantitative estimate of drug-likeness (QED) is 0.601. The van der Waals surface area contributed by atoms with E-state index in [9.17, 15) is 9.59 Å². The zero-order valence-corrected chi connectivity index (χ0v) is 16.7. The Balaban J connectivity index is 1.57. The number of benzene rings is 1. The SMILES string of the molecule is Cc1cccnc1C(=O)Nc1ccc(NC(=O)Nc2cc(C(C)(C)C)on2)cc1. The van der Waals surface area contributed by atoms with Crippen LogP contribution in [0.3, 0.4) is 0 Å². The highest BCUT2D eigenvalue weighted by molar-refractivity contribution is 6.04. The van der Waals surface area contributed by atoms with Gasteiger partial charge < -0.3 is 15.2 Å². The van der Waals surface area contributed by atoms with Crippen molar-refractivity contribution in [2.24, 2.45) is 0 Å². The molecule has 29 heavy (non-hydrogen) atoms. The fraction of sp³-hybridized carbons (Fsp3) is 0.238. The minimum atomic E-state index is -0.445. The van der Waals surface area contributed by atoms with Crippen molar-refractivity contribution in [3.05, 3.63) is 65.7 Å². The first-order valence-electron chi connectivity index (χ1n) is 9.10. The first kappa shape index (κ1) is 20.1. The van der Waals surface area contributed by atoms with E-state index >= 15 is 0 Å². The molecule has 0 saturated carbocycles. The predicted octanol–water partition coefficient (Wildman–Crippen LogP) is 4.57. The minimum Gasteiger partial charge on any atom is -0.359 e. The minimum absolute atomic E-state index is 0.197. The van der Waals surface area contributed by atoms with Crippen LogP contribution in [0.4, 0.5) is 22.0 Å². The molecular formula is C21H23N5O3. The molecule has 0 fully saturated rings. The summed E-state index contributed by atoms with van der Waals surface area (Å²) >= 11 is 0. The van der Waals surface area contributed by atoms with Crippen LogP contribution in [-0.2, 0) is 5.41 Å². The zero-order valence-electron chi connectivity index (χ0n) is 16.7. The topological polar surface area (TPSA) is 109 Å². The number of carbonyl (C=O) groups is 2. The molecule has 1 aromatic carbocycles.